The molecule has 6 nitrogen and oxygen atoms in total. The van der Waals surface area contributed by atoms with Crippen LogP contribution in [0, 0.1) is 0 Å². The highest BCUT2D eigenvalue weighted by atomic mass is 79.9. The largest absolute Gasteiger partial charge is 0.490 e. The molecule has 148 valence electrons. The zero-order valence-corrected chi connectivity index (χ0v) is 18.2. The summed E-state index contributed by atoms with van der Waals surface area (Å²) in [5.74, 6) is -0.100. The van der Waals surface area contributed by atoms with Crippen LogP contribution in [-0.4, -0.2) is 29.6 Å². The van der Waals surface area contributed by atoms with Gasteiger partial charge in [-0.05, 0) is 69.4 Å². The van der Waals surface area contributed by atoms with Gasteiger partial charge in [-0.2, -0.15) is 0 Å². The molecule has 0 aromatic heterocycles. The lowest BCUT2D eigenvalue weighted by Gasteiger charge is -2.15. The van der Waals surface area contributed by atoms with Gasteiger partial charge in [-0.25, -0.2) is 0 Å². The first-order chi connectivity index (χ1) is 13.3. The molecule has 2 amide bonds. The molecule has 0 bridgehead atoms. The second kappa shape index (κ2) is 10.2. The molecule has 0 fully saturated rings. The number of nitrogens with one attached hydrogen (secondary N) is 3. The molecule has 0 unspecified atom stereocenters. The number of carbonyl (C=O) groups is 2. The first kappa shape index (κ1) is 21.8. The fourth-order valence-electron chi connectivity index (χ4n) is 2.37. The maximum absolute atomic E-state index is 12.7. The van der Waals surface area contributed by atoms with Crippen LogP contribution in [0.4, 0.5) is 5.69 Å². The molecule has 2 aromatic carbocycles. The number of anilines is 1. The molecule has 0 atom stereocenters. The highest BCUT2D eigenvalue weighted by Gasteiger charge is 2.16. The van der Waals surface area contributed by atoms with Gasteiger partial charge in [0.2, 0.25) is 0 Å². The van der Waals surface area contributed by atoms with Crippen LogP contribution >= 0.6 is 28.1 Å². The maximum atomic E-state index is 12.7. The number of ether oxygens (including phenoxy) is 1. The molecular formula is C20H22BrN3O3S. The fourth-order valence-corrected chi connectivity index (χ4v) is 2.94. The lowest BCUT2D eigenvalue weighted by molar-refractivity contribution is 0.0952. The minimum atomic E-state index is -0.394. The van der Waals surface area contributed by atoms with Gasteiger partial charge < -0.3 is 15.4 Å². The van der Waals surface area contributed by atoms with Crippen molar-refractivity contribution in [2.75, 3.05) is 11.9 Å². The molecule has 0 saturated heterocycles. The number of benzene rings is 2. The van der Waals surface area contributed by atoms with Gasteiger partial charge in [-0.15, -0.1) is 0 Å². The monoisotopic (exact) mass is 463 g/mol. The topological polar surface area (TPSA) is 79.5 Å². The van der Waals surface area contributed by atoms with Crippen molar-refractivity contribution in [3.05, 3.63) is 58.1 Å². The summed E-state index contributed by atoms with van der Waals surface area (Å²) in [6, 6.07) is 12.1. The molecule has 3 N–H and O–H groups in total. The van der Waals surface area contributed by atoms with E-state index >= 15 is 0 Å². The Balaban J connectivity index is 2.09. The van der Waals surface area contributed by atoms with Crippen LogP contribution in [0.3, 0.4) is 0 Å². The summed E-state index contributed by atoms with van der Waals surface area (Å²) in [6.07, 6.45) is -0.0743. The van der Waals surface area contributed by atoms with Crippen molar-refractivity contribution in [1.29, 1.82) is 0 Å². The van der Waals surface area contributed by atoms with Gasteiger partial charge >= 0.3 is 0 Å². The SMILES string of the molecule is CCNC(=O)c1cccc(NC(=S)NC(=O)c2cc(Br)ccc2OC(C)C)c1. The van der Waals surface area contributed by atoms with E-state index in [1.165, 1.54) is 0 Å². The third kappa shape index (κ3) is 6.31. The van der Waals surface area contributed by atoms with Crippen LogP contribution in [0.1, 0.15) is 41.5 Å². The molecule has 0 radical (unpaired) electrons. The number of amides is 2. The van der Waals surface area contributed by atoms with Gasteiger partial charge in [0.05, 0.1) is 11.7 Å². The number of carbonyl (C=O) groups excluding carboxylic acids is 2. The highest BCUT2D eigenvalue weighted by molar-refractivity contribution is 9.10. The Hall–Kier alpha value is -2.45. The number of thiocarbonyl (C=S) groups is 1. The lowest BCUT2D eigenvalue weighted by atomic mass is 10.2. The predicted molar refractivity (Wildman–Crippen MR) is 118 cm³/mol. The van der Waals surface area contributed by atoms with Crippen molar-refractivity contribution < 1.29 is 14.3 Å². The predicted octanol–water partition coefficient (Wildman–Crippen LogP) is 4.11. The number of hydrogen-bond donors (Lipinski definition) is 3. The van der Waals surface area contributed by atoms with Gasteiger partial charge in [-0.1, -0.05) is 22.0 Å². The van der Waals surface area contributed by atoms with Gasteiger partial charge in [0.15, 0.2) is 5.11 Å². The molecule has 0 aliphatic heterocycles. The number of rotatable bonds is 6. The molecule has 0 aliphatic rings. The Bertz CT molecular complexity index is 887. The zero-order valence-electron chi connectivity index (χ0n) is 15.8. The molecule has 0 saturated carbocycles. The molecule has 28 heavy (non-hydrogen) atoms. The standard InChI is InChI=1S/C20H22BrN3O3S/c1-4-22-18(25)13-6-5-7-15(10-13)23-20(28)24-19(26)16-11-14(21)8-9-17(16)27-12(2)3/h5-12H,4H2,1-3H3,(H,22,25)(H2,23,24,26,28). The molecule has 0 spiro atoms. The van der Waals surface area contributed by atoms with E-state index in [-0.39, 0.29) is 17.1 Å². The van der Waals surface area contributed by atoms with E-state index in [4.69, 9.17) is 17.0 Å². The second-order valence-electron chi connectivity index (χ2n) is 6.16. The Morgan fingerprint density at radius 3 is 2.57 bits per heavy atom. The molecule has 0 heterocycles. The molecule has 2 rings (SSSR count). The van der Waals surface area contributed by atoms with Crippen LogP contribution in [0.25, 0.3) is 0 Å². The van der Waals surface area contributed by atoms with Crippen molar-refractivity contribution in [2.24, 2.45) is 0 Å². The Labute approximate surface area is 178 Å². The summed E-state index contributed by atoms with van der Waals surface area (Å²) >= 11 is 8.60. The van der Waals surface area contributed by atoms with Gasteiger partial charge in [0, 0.05) is 22.3 Å². The normalized spacial score (nSPS) is 10.3. The first-order valence-electron chi connectivity index (χ1n) is 8.77. The minimum Gasteiger partial charge on any atom is -0.490 e. The first-order valence-corrected chi connectivity index (χ1v) is 9.97. The Morgan fingerprint density at radius 1 is 1.14 bits per heavy atom. The highest BCUT2D eigenvalue weighted by Crippen LogP contribution is 2.24. The van der Waals surface area contributed by atoms with Crippen LogP contribution in [0.2, 0.25) is 0 Å². The molecule has 0 aliphatic carbocycles. The number of halogens is 1. The van der Waals surface area contributed by atoms with E-state index in [1.54, 1.807) is 42.5 Å². The molecule has 8 heteroatoms. The van der Waals surface area contributed by atoms with Gasteiger partial charge in [0.1, 0.15) is 5.75 Å². The maximum Gasteiger partial charge on any atom is 0.261 e. The van der Waals surface area contributed by atoms with E-state index in [0.717, 1.165) is 4.47 Å². The second-order valence-corrected chi connectivity index (χ2v) is 7.48. The summed E-state index contributed by atoms with van der Waals surface area (Å²) in [5, 5.41) is 8.42. The zero-order chi connectivity index (χ0) is 20.7. The third-order valence-electron chi connectivity index (χ3n) is 3.50. The quantitative estimate of drug-likeness (QED) is 0.561. The van der Waals surface area contributed by atoms with Crippen LogP contribution in [0.5, 0.6) is 5.75 Å². The minimum absolute atomic E-state index is 0.0743. The smallest absolute Gasteiger partial charge is 0.261 e. The summed E-state index contributed by atoms with van der Waals surface area (Å²) in [4.78, 5) is 24.6. The van der Waals surface area contributed by atoms with Crippen LogP contribution in [0.15, 0.2) is 46.9 Å². The van der Waals surface area contributed by atoms with Crippen molar-refractivity contribution in [2.45, 2.75) is 26.9 Å². The Kier molecular flexibility index (Phi) is 7.95. The average Bonchev–Trinajstić information content (AvgIpc) is 2.63. The summed E-state index contributed by atoms with van der Waals surface area (Å²) in [5.41, 5.74) is 1.46. The summed E-state index contributed by atoms with van der Waals surface area (Å²) in [6.45, 7) is 6.16. The van der Waals surface area contributed by atoms with Crippen molar-refractivity contribution >= 4 is 50.8 Å². The third-order valence-corrected chi connectivity index (χ3v) is 4.19. The van der Waals surface area contributed by atoms with E-state index < -0.39 is 5.91 Å². The number of hydrogen-bond acceptors (Lipinski definition) is 4. The van der Waals surface area contributed by atoms with E-state index in [2.05, 4.69) is 31.9 Å². The van der Waals surface area contributed by atoms with Gasteiger partial charge in [0.25, 0.3) is 11.8 Å². The molecule has 2 aromatic rings. The molecular weight excluding hydrogens is 442 g/mol. The van der Waals surface area contributed by atoms with E-state index in [0.29, 0.717) is 29.1 Å². The Morgan fingerprint density at radius 2 is 1.89 bits per heavy atom. The van der Waals surface area contributed by atoms with Crippen molar-refractivity contribution in [1.82, 2.24) is 10.6 Å². The van der Waals surface area contributed by atoms with Gasteiger partial charge in [-0.3, -0.25) is 14.9 Å². The lowest BCUT2D eigenvalue weighted by Crippen LogP contribution is -2.34. The van der Waals surface area contributed by atoms with E-state index in [9.17, 15) is 9.59 Å². The van der Waals surface area contributed by atoms with E-state index in [1.807, 2.05) is 20.8 Å². The van der Waals surface area contributed by atoms with Crippen LogP contribution in [-0.2, 0) is 0 Å². The van der Waals surface area contributed by atoms with Crippen molar-refractivity contribution in [3.63, 3.8) is 0 Å². The average molecular weight is 464 g/mol. The van der Waals surface area contributed by atoms with Crippen LogP contribution < -0.4 is 20.7 Å². The summed E-state index contributed by atoms with van der Waals surface area (Å²) < 4.78 is 6.45. The fraction of sp³-hybridized carbons (Fsp3) is 0.250. The van der Waals surface area contributed by atoms with Crippen molar-refractivity contribution in [3.8, 4) is 5.75 Å². The summed E-state index contributed by atoms with van der Waals surface area (Å²) in [7, 11) is 0.